The molecule has 2 aliphatic heterocycles. The number of carbonyl (C=O) groups is 2. The Hall–Kier alpha value is -2.46. The Labute approximate surface area is 207 Å². The summed E-state index contributed by atoms with van der Waals surface area (Å²) in [7, 11) is 1.38. The van der Waals surface area contributed by atoms with Crippen molar-refractivity contribution < 1.29 is 34.0 Å². The van der Waals surface area contributed by atoms with Crippen LogP contribution in [0.1, 0.15) is 40.5 Å². The quantitative estimate of drug-likeness (QED) is 0.139. The number of amides is 1. The van der Waals surface area contributed by atoms with Crippen LogP contribution in [-0.2, 0) is 23.8 Å². The van der Waals surface area contributed by atoms with Crippen LogP contribution in [0.2, 0.25) is 0 Å². The van der Waals surface area contributed by atoms with E-state index in [2.05, 4.69) is 12.2 Å². The van der Waals surface area contributed by atoms with Gasteiger partial charge in [-0.2, -0.15) is 0 Å². The zero-order valence-corrected chi connectivity index (χ0v) is 21.2. The Morgan fingerprint density at radius 2 is 1.94 bits per heavy atom. The van der Waals surface area contributed by atoms with E-state index in [9.17, 15) is 19.8 Å². The van der Waals surface area contributed by atoms with Crippen molar-refractivity contribution in [3.05, 3.63) is 48.4 Å². The lowest BCUT2D eigenvalue weighted by atomic mass is 9.88. The van der Waals surface area contributed by atoms with Crippen LogP contribution in [0.15, 0.2) is 48.4 Å². The van der Waals surface area contributed by atoms with Crippen LogP contribution in [0.25, 0.3) is 0 Å². The van der Waals surface area contributed by atoms with Crippen molar-refractivity contribution in [2.75, 3.05) is 13.7 Å². The van der Waals surface area contributed by atoms with E-state index in [0.29, 0.717) is 13.0 Å². The van der Waals surface area contributed by atoms with Crippen LogP contribution >= 0.6 is 0 Å². The molecule has 0 aromatic carbocycles. The van der Waals surface area contributed by atoms with E-state index in [0.717, 1.165) is 6.42 Å². The van der Waals surface area contributed by atoms with Gasteiger partial charge in [0.25, 0.3) is 0 Å². The molecule has 9 nitrogen and oxygen atoms in total. The molecule has 0 aliphatic carbocycles. The molecular formula is C26H40N2O7. The molecule has 1 amide bonds. The van der Waals surface area contributed by atoms with Crippen molar-refractivity contribution in [2.45, 2.75) is 76.6 Å². The maximum Gasteiger partial charge on any atom is 0.243 e. The van der Waals surface area contributed by atoms with Gasteiger partial charge < -0.3 is 35.5 Å². The first-order chi connectivity index (χ1) is 16.5. The summed E-state index contributed by atoms with van der Waals surface area (Å²) >= 11 is 0. The molecule has 9 heteroatoms. The fourth-order valence-corrected chi connectivity index (χ4v) is 3.82. The minimum Gasteiger partial charge on any atom is -0.483 e. The Kier molecular flexibility index (Phi) is 10.7. The number of aliphatic hydroxyl groups is 2. The van der Waals surface area contributed by atoms with Crippen molar-refractivity contribution in [1.82, 2.24) is 5.32 Å². The molecule has 2 heterocycles. The van der Waals surface area contributed by atoms with Gasteiger partial charge in [-0.3, -0.25) is 9.59 Å². The van der Waals surface area contributed by atoms with Crippen LogP contribution in [0.3, 0.4) is 0 Å². The minimum absolute atomic E-state index is 0.00306. The average Bonchev–Trinajstić information content (AvgIpc) is 3.57. The molecule has 0 aromatic heterocycles. The Morgan fingerprint density at radius 3 is 2.57 bits per heavy atom. The molecule has 0 radical (unpaired) electrons. The summed E-state index contributed by atoms with van der Waals surface area (Å²) in [6.45, 7) is 7.90. The second kappa shape index (κ2) is 13.0. The number of nitrogens with one attached hydrogen (secondary N) is 1. The third-order valence-corrected chi connectivity index (χ3v) is 6.52. The first kappa shape index (κ1) is 28.8. The zero-order chi connectivity index (χ0) is 26.2. The van der Waals surface area contributed by atoms with Gasteiger partial charge in [-0.05, 0) is 38.7 Å². The summed E-state index contributed by atoms with van der Waals surface area (Å²) in [5.41, 5.74) is 4.83. The number of carbonyl (C=O) groups excluding carboxylic acids is 2. The standard InChI is InChI=1S/C26H40N2O7/c1-16(21(30)14-23(27)33-5)11-12-24(31)28-19-13-17(2)22(35-18(19)3)10-8-6-7-9-20(29)25(32)26(4)15-34-26/h6-9,11-12,14,16-20,22,25,29,32H,10,13,15,27H2,1-5H3,(H,28,31)/b8-6+,9-7+,12-11-,23-14?/t16?,17-,18+,19+,20+,22-,25+,26+/m0/s1. The fraction of sp³-hybridized carbons (Fsp3) is 0.615. The molecule has 0 saturated carbocycles. The molecule has 0 aromatic rings. The van der Waals surface area contributed by atoms with E-state index >= 15 is 0 Å². The third-order valence-electron chi connectivity index (χ3n) is 6.52. The minimum atomic E-state index is -0.989. The average molecular weight is 493 g/mol. The predicted molar refractivity (Wildman–Crippen MR) is 132 cm³/mol. The van der Waals surface area contributed by atoms with Gasteiger partial charge >= 0.3 is 0 Å². The first-order valence-electron chi connectivity index (χ1n) is 12.0. The summed E-state index contributed by atoms with van der Waals surface area (Å²) in [4.78, 5) is 24.4. The molecular weight excluding hydrogens is 452 g/mol. The lowest BCUT2D eigenvalue weighted by Gasteiger charge is -2.39. The summed E-state index contributed by atoms with van der Waals surface area (Å²) in [5, 5.41) is 23.0. The normalized spacial score (nSPS) is 32.0. The van der Waals surface area contributed by atoms with E-state index in [-0.39, 0.29) is 41.7 Å². The van der Waals surface area contributed by atoms with Crippen molar-refractivity contribution in [3.8, 4) is 0 Å². The fourth-order valence-electron chi connectivity index (χ4n) is 3.82. The summed E-state index contributed by atoms with van der Waals surface area (Å²) in [5.74, 6) is -0.796. The van der Waals surface area contributed by atoms with Gasteiger partial charge in [-0.15, -0.1) is 0 Å². The van der Waals surface area contributed by atoms with E-state index < -0.39 is 23.7 Å². The highest BCUT2D eigenvalue weighted by molar-refractivity contribution is 5.94. The van der Waals surface area contributed by atoms with Crippen molar-refractivity contribution >= 4 is 11.7 Å². The summed E-state index contributed by atoms with van der Waals surface area (Å²) in [6, 6.07) is -0.139. The number of hydrogen-bond donors (Lipinski definition) is 4. The summed E-state index contributed by atoms with van der Waals surface area (Å²) < 4.78 is 16.1. The number of nitrogens with two attached hydrogens (primary N) is 1. The number of aliphatic hydroxyl groups excluding tert-OH is 2. The topological polar surface area (TPSA) is 144 Å². The van der Waals surface area contributed by atoms with Gasteiger partial charge in [0.1, 0.15) is 17.8 Å². The van der Waals surface area contributed by atoms with E-state index in [4.69, 9.17) is 19.9 Å². The maximum absolute atomic E-state index is 12.4. The molecule has 2 fully saturated rings. The SMILES string of the molecule is COC(N)=CC(=O)C(C)/C=C\C(=O)N[C@@H]1C[C@H](C)[C@H](C/C=C/C=C/[C@@H](O)[C@@H](O)[C@@]2(C)CO2)O[C@@H]1C. The molecule has 196 valence electrons. The Bertz CT molecular complexity index is 847. The lowest BCUT2D eigenvalue weighted by Crippen LogP contribution is -2.50. The summed E-state index contributed by atoms with van der Waals surface area (Å²) in [6.07, 6.45) is 10.5. The van der Waals surface area contributed by atoms with Crippen molar-refractivity contribution in [1.29, 1.82) is 0 Å². The molecule has 2 aliphatic rings. The largest absolute Gasteiger partial charge is 0.483 e. The number of epoxide rings is 1. The molecule has 5 N–H and O–H groups in total. The lowest BCUT2D eigenvalue weighted by molar-refractivity contribution is -0.123. The van der Waals surface area contributed by atoms with Gasteiger partial charge in [0.15, 0.2) is 11.7 Å². The van der Waals surface area contributed by atoms with Crippen molar-refractivity contribution in [3.63, 3.8) is 0 Å². The Morgan fingerprint density at radius 1 is 1.26 bits per heavy atom. The molecule has 0 bridgehead atoms. The molecule has 2 rings (SSSR count). The molecule has 1 unspecified atom stereocenters. The number of rotatable bonds is 12. The zero-order valence-electron chi connectivity index (χ0n) is 21.2. The number of ether oxygens (including phenoxy) is 3. The van der Waals surface area contributed by atoms with Gasteiger partial charge in [0.2, 0.25) is 5.91 Å². The van der Waals surface area contributed by atoms with Crippen LogP contribution < -0.4 is 11.1 Å². The molecule has 8 atom stereocenters. The second-order valence-corrected chi connectivity index (χ2v) is 9.59. The highest BCUT2D eigenvalue weighted by Crippen LogP contribution is 2.32. The second-order valence-electron chi connectivity index (χ2n) is 9.59. The molecule has 2 saturated heterocycles. The van der Waals surface area contributed by atoms with E-state index in [1.165, 1.54) is 31.4 Å². The maximum atomic E-state index is 12.4. The van der Waals surface area contributed by atoms with Gasteiger partial charge in [0, 0.05) is 12.0 Å². The van der Waals surface area contributed by atoms with Gasteiger partial charge in [0.05, 0.1) is 32.0 Å². The highest BCUT2D eigenvalue weighted by atomic mass is 16.6. The first-order valence-corrected chi connectivity index (χ1v) is 12.0. The van der Waals surface area contributed by atoms with Crippen LogP contribution in [0.5, 0.6) is 0 Å². The predicted octanol–water partition coefficient (Wildman–Crippen LogP) is 1.51. The smallest absolute Gasteiger partial charge is 0.243 e. The Balaban J connectivity index is 1.78. The molecule has 0 spiro atoms. The number of methoxy groups -OCH3 is 1. The highest BCUT2D eigenvalue weighted by Gasteiger charge is 2.48. The monoisotopic (exact) mass is 492 g/mol. The van der Waals surface area contributed by atoms with Crippen molar-refractivity contribution in [2.24, 2.45) is 17.6 Å². The van der Waals surface area contributed by atoms with Gasteiger partial charge in [-0.25, -0.2) is 0 Å². The number of ketones is 1. The third kappa shape index (κ3) is 8.92. The van der Waals surface area contributed by atoms with Crippen LogP contribution in [-0.4, -0.2) is 71.7 Å². The van der Waals surface area contributed by atoms with Gasteiger partial charge in [-0.1, -0.05) is 44.2 Å². The number of allylic oxidation sites excluding steroid dienone is 4. The van der Waals surface area contributed by atoms with Crippen LogP contribution in [0, 0.1) is 11.8 Å². The van der Waals surface area contributed by atoms with Crippen LogP contribution in [0.4, 0.5) is 0 Å². The number of hydrogen-bond acceptors (Lipinski definition) is 8. The van der Waals surface area contributed by atoms with E-state index in [1.807, 2.05) is 19.1 Å². The molecule has 35 heavy (non-hydrogen) atoms. The van der Waals surface area contributed by atoms with E-state index in [1.54, 1.807) is 19.9 Å².